The lowest BCUT2D eigenvalue weighted by Crippen LogP contribution is -2.34. The van der Waals surface area contributed by atoms with Crippen molar-refractivity contribution in [2.45, 2.75) is 26.3 Å². The van der Waals surface area contributed by atoms with Crippen LogP contribution in [0.15, 0.2) is 61.1 Å². The van der Waals surface area contributed by atoms with Crippen molar-refractivity contribution in [2.75, 3.05) is 0 Å². The van der Waals surface area contributed by atoms with E-state index >= 15 is 0 Å². The highest BCUT2D eigenvalue weighted by Gasteiger charge is 2.12. The van der Waals surface area contributed by atoms with Crippen LogP contribution >= 0.6 is 0 Å². The van der Waals surface area contributed by atoms with Gasteiger partial charge in [-0.2, -0.15) is 5.10 Å². The van der Waals surface area contributed by atoms with E-state index in [1.165, 1.54) is 0 Å². The second kappa shape index (κ2) is 7.08. The van der Waals surface area contributed by atoms with E-state index in [2.05, 4.69) is 15.4 Å². The molecule has 0 fully saturated rings. The first-order chi connectivity index (χ1) is 11.6. The van der Waals surface area contributed by atoms with Gasteiger partial charge in [0.25, 0.3) is 5.91 Å². The summed E-state index contributed by atoms with van der Waals surface area (Å²) in [5.41, 5.74) is 3.63. The molecule has 1 aromatic carbocycles. The Morgan fingerprint density at radius 2 is 2.08 bits per heavy atom. The Morgan fingerprint density at radius 1 is 1.21 bits per heavy atom. The number of hydrogen-bond acceptors (Lipinski definition) is 3. The number of nitrogens with zero attached hydrogens (tertiary/aromatic N) is 3. The van der Waals surface area contributed by atoms with Gasteiger partial charge in [-0.15, -0.1) is 0 Å². The maximum absolute atomic E-state index is 12.5. The predicted octanol–water partition coefficient (Wildman–Crippen LogP) is 2.94. The van der Waals surface area contributed by atoms with E-state index in [4.69, 9.17) is 0 Å². The lowest BCUT2D eigenvalue weighted by atomic mass is 10.1. The Labute approximate surface area is 141 Å². The van der Waals surface area contributed by atoms with Gasteiger partial charge in [0.15, 0.2) is 0 Å². The van der Waals surface area contributed by atoms with Crippen LogP contribution in [-0.4, -0.2) is 26.7 Å². The van der Waals surface area contributed by atoms with Crippen LogP contribution in [0.4, 0.5) is 0 Å². The molecule has 0 saturated carbocycles. The van der Waals surface area contributed by atoms with Crippen molar-refractivity contribution in [1.82, 2.24) is 20.1 Å². The maximum Gasteiger partial charge on any atom is 0.251 e. The zero-order valence-corrected chi connectivity index (χ0v) is 13.8. The fourth-order valence-electron chi connectivity index (χ4n) is 2.59. The minimum Gasteiger partial charge on any atom is -0.349 e. The van der Waals surface area contributed by atoms with Crippen molar-refractivity contribution in [3.63, 3.8) is 0 Å². The first-order valence-corrected chi connectivity index (χ1v) is 7.95. The van der Waals surface area contributed by atoms with Crippen molar-refractivity contribution in [3.05, 3.63) is 77.9 Å². The van der Waals surface area contributed by atoms with Crippen LogP contribution in [0.5, 0.6) is 0 Å². The van der Waals surface area contributed by atoms with Gasteiger partial charge in [0.2, 0.25) is 0 Å². The number of amides is 1. The standard InChI is InChI=1S/C19H20N4O/c1-14-6-4-9-20-18(14)12-15(2)22-19(24)16-7-3-8-17(13-16)23-11-5-10-21-23/h3-11,13,15H,12H2,1-2H3,(H,22,24)/t15-/m1/s1. The van der Waals surface area contributed by atoms with Crippen molar-refractivity contribution >= 4 is 5.91 Å². The van der Waals surface area contributed by atoms with Gasteiger partial charge < -0.3 is 5.32 Å². The van der Waals surface area contributed by atoms with Gasteiger partial charge in [-0.1, -0.05) is 12.1 Å². The number of hydrogen-bond donors (Lipinski definition) is 1. The lowest BCUT2D eigenvalue weighted by molar-refractivity contribution is 0.0940. The van der Waals surface area contributed by atoms with Gasteiger partial charge in [0, 0.05) is 42.3 Å². The molecule has 0 saturated heterocycles. The highest BCUT2D eigenvalue weighted by atomic mass is 16.1. The topological polar surface area (TPSA) is 59.8 Å². The van der Waals surface area contributed by atoms with E-state index < -0.39 is 0 Å². The Hall–Kier alpha value is -2.95. The summed E-state index contributed by atoms with van der Waals surface area (Å²) in [6, 6.07) is 13.2. The Kier molecular flexibility index (Phi) is 4.70. The van der Waals surface area contributed by atoms with E-state index in [1.807, 2.05) is 56.4 Å². The summed E-state index contributed by atoms with van der Waals surface area (Å²) in [7, 11) is 0. The smallest absolute Gasteiger partial charge is 0.251 e. The molecule has 3 rings (SSSR count). The van der Waals surface area contributed by atoms with E-state index in [9.17, 15) is 4.79 Å². The number of benzene rings is 1. The first kappa shape index (κ1) is 15.9. The quantitative estimate of drug-likeness (QED) is 0.786. The average molecular weight is 320 g/mol. The number of nitrogens with one attached hydrogen (secondary N) is 1. The lowest BCUT2D eigenvalue weighted by Gasteiger charge is -2.15. The Morgan fingerprint density at radius 3 is 2.83 bits per heavy atom. The molecule has 0 spiro atoms. The van der Waals surface area contributed by atoms with Gasteiger partial charge >= 0.3 is 0 Å². The number of carbonyl (C=O) groups is 1. The molecule has 0 radical (unpaired) electrons. The molecule has 24 heavy (non-hydrogen) atoms. The molecular formula is C19H20N4O. The molecule has 5 heteroatoms. The van der Waals surface area contributed by atoms with Gasteiger partial charge in [-0.3, -0.25) is 9.78 Å². The summed E-state index contributed by atoms with van der Waals surface area (Å²) in [6.07, 6.45) is 6.05. The number of pyridine rings is 1. The zero-order chi connectivity index (χ0) is 16.9. The maximum atomic E-state index is 12.5. The number of aromatic nitrogens is 3. The van der Waals surface area contributed by atoms with Gasteiger partial charge in [0.05, 0.1) is 5.69 Å². The SMILES string of the molecule is Cc1cccnc1C[C@@H](C)NC(=O)c1cccc(-n2cccn2)c1. The second-order valence-electron chi connectivity index (χ2n) is 5.85. The molecule has 1 amide bonds. The van der Waals surface area contributed by atoms with E-state index in [0.29, 0.717) is 12.0 Å². The molecule has 2 heterocycles. The van der Waals surface area contributed by atoms with Gasteiger partial charge in [-0.25, -0.2) is 4.68 Å². The molecule has 0 aliphatic carbocycles. The summed E-state index contributed by atoms with van der Waals surface area (Å²) >= 11 is 0. The zero-order valence-electron chi connectivity index (χ0n) is 13.8. The number of rotatable bonds is 5. The fraction of sp³-hybridized carbons (Fsp3) is 0.211. The second-order valence-corrected chi connectivity index (χ2v) is 5.85. The van der Waals surface area contributed by atoms with Crippen LogP contribution in [0.2, 0.25) is 0 Å². The predicted molar refractivity (Wildman–Crippen MR) is 93.2 cm³/mol. The number of aryl methyl sites for hydroxylation is 1. The monoisotopic (exact) mass is 320 g/mol. The molecule has 0 unspecified atom stereocenters. The van der Waals surface area contributed by atoms with Crippen LogP contribution in [0.1, 0.15) is 28.5 Å². The third kappa shape index (κ3) is 3.68. The minimum absolute atomic E-state index is 0.000500. The molecule has 1 atom stereocenters. The Bertz CT molecular complexity index is 827. The average Bonchev–Trinajstić information content (AvgIpc) is 3.11. The third-order valence-electron chi connectivity index (χ3n) is 3.87. The van der Waals surface area contributed by atoms with Crippen LogP contribution < -0.4 is 5.32 Å². The van der Waals surface area contributed by atoms with Crippen molar-refractivity contribution in [3.8, 4) is 5.69 Å². The molecule has 0 aliphatic heterocycles. The van der Waals surface area contributed by atoms with Crippen molar-refractivity contribution in [1.29, 1.82) is 0 Å². The summed E-state index contributed by atoms with van der Waals surface area (Å²) < 4.78 is 1.73. The highest BCUT2D eigenvalue weighted by Crippen LogP contribution is 2.11. The molecule has 0 bridgehead atoms. The molecular weight excluding hydrogens is 300 g/mol. The van der Waals surface area contributed by atoms with E-state index in [1.54, 1.807) is 23.1 Å². The summed E-state index contributed by atoms with van der Waals surface area (Å²) in [5, 5.41) is 7.23. The molecule has 2 aromatic heterocycles. The van der Waals surface area contributed by atoms with E-state index in [0.717, 1.165) is 16.9 Å². The van der Waals surface area contributed by atoms with Crippen LogP contribution in [-0.2, 0) is 6.42 Å². The first-order valence-electron chi connectivity index (χ1n) is 7.95. The van der Waals surface area contributed by atoms with Crippen molar-refractivity contribution in [2.24, 2.45) is 0 Å². The van der Waals surface area contributed by atoms with Crippen LogP contribution in [0, 0.1) is 6.92 Å². The Balaban J connectivity index is 1.69. The molecule has 5 nitrogen and oxygen atoms in total. The summed E-state index contributed by atoms with van der Waals surface area (Å²) in [4.78, 5) is 16.9. The summed E-state index contributed by atoms with van der Waals surface area (Å²) in [5.74, 6) is -0.0925. The normalized spacial score (nSPS) is 11.9. The molecule has 0 aliphatic rings. The van der Waals surface area contributed by atoms with Gasteiger partial charge in [-0.05, 0) is 49.7 Å². The van der Waals surface area contributed by atoms with Crippen LogP contribution in [0.3, 0.4) is 0 Å². The fourth-order valence-corrected chi connectivity index (χ4v) is 2.59. The minimum atomic E-state index is -0.0925. The molecule has 3 aromatic rings. The van der Waals surface area contributed by atoms with Gasteiger partial charge in [0.1, 0.15) is 0 Å². The largest absolute Gasteiger partial charge is 0.349 e. The summed E-state index contributed by atoms with van der Waals surface area (Å²) in [6.45, 7) is 4.02. The number of carbonyl (C=O) groups excluding carboxylic acids is 1. The molecule has 1 N–H and O–H groups in total. The van der Waals surface area contributed by atoms with E-state index in [-0.39, 0.29) is 11.9 Å². The van der Waals surface area contributed by atoms with Crippen LogP contribution in [0.25, 0.3) is 5.69 Å². The van der Waals surface area contributed by atoms with Crippen molar-refractivity contribution < 1.29 is 4.79 Å². The highest BCUT2D eigenvalue weighted by molar-refractivity contribution is 5.94. The third-order valence-corrected chi connectivity index (χ3v) is 3.87. The molecule has 122 valence electrons.